The Morgan fingerprint density at radius 3 is 2.80 bits per heavy atom. The summed E-state index contributed by atoms with van der Waals surface area (Å²) in [5.74, 6) is 0.261. The highest BCUT2D eigenvalue weighted by Crippen LogP contribution is 2.36. The van der Waals surface area contributed by atoms with E-state index in [9.17, 15) is 9.50 Å². The Labute approximate surface area is 96.4 Å². The van der Waals surface area contributed by atoms with Crippen LogP contribution in [0.15, 0.2) is 16.6 Å². The largest absolute Gasteiger partial charge is 0.504 e. The van der Waals surface area contributed by atoms with Crippen LogP contribution in [-0.4, -0.2) is 25.8 Å². The van der Waals surface area contributed by atoms with Crippen molar-refractivity contribution in [1.29, 1.82) is 0 Å². The van der Waals surface area contributed by atoms with E-state index in [0.29, 0.717) is 15.8 Å². The highest BCUT2D eigenvalue weighted by Gasteiger charge is 2.15. The first-order chi connectivity index (χ1) is 7.10. The fourth-order valence-electron chi connectivity index (χ4n) is 1.25. The van der Waals surface area contributed by atoms with Crippen molar-refractivity contribution in [1.82, 2.24) is 5.32 Å². The minimum atomic E-state index is -1.17. The van der Waals surface area contributed by atoms with Gasteiger partial charge >= 0.3 is 0 Å². The predicted octanol–water partition coefficient (Wildman–Crippen LogP) is 2.39. The number of halogens is 2. The number of aromatic hydroxyl groups is 1. The van der Waals surface area contributed by atoms with Gasteiger partial charge in [0.1, 0.15) is 6.17 Å². The molecule has 1 aromatic carbocycles. The maximum Gasteiger partial charge on any atom is 0.161 e. The van der Waals surface area contributed by atoms with Crippen molar-refractivity contribution < 1.29 is 14.2 Å². The first-order valence-electron chi connectivity index (χ1n) is 4.45. The van der Waals surface area contributed by atoms with E-state index in [1.165, 1.54) is 13.2 Å². The number of likely N-dealkylation sites (N-methyl/N-ethyl adjacent to an activating group) is 1. The Bertz CT molecular complexity index is 346. The van der Waals surface area contributed by atoms with E-state index < -0.39 is 6.17 Å². The fourth-order valence-corrected chi connectivity index (χ4v) is 1.82. The fraction of sp³-hybridized carbons (Fsp3) is 0.400. The molecule has 0 amide bonds. The number of benzene rings is 1. The molecular formula is C10H13BrFNO2. The average molecular weight is 278 g/mol. The van der Waals surface area contributed by atoms with E-state index >= 15 is 0 Å². The van der Waals surface area contributed by atoms with Crippen LogP contribution < -0.4 is 10.1 Å². The minimum Gasteiger partial charge on any atom is -0.504 e. The van der Waals surface area contributed by atoms with Crippen LogP contribution in [0.3, 0.4) is 0 Å². The molecule has 0 saturated heterocycles. The lowest BCUT2D eigenvalue weighted by atomic mass is 10.1. The Morgan fingerprint density at radius 1 is 1.60 bits per heavy atom. The van der Waals surface area contributed by atoms with Gasteiger partial charge in [0, 0.05) is 16.6 Å². The molecule has 1 atom stereocenters. The van der Waals surface area contributed by atoms with Crippen molar-refractivity contribution in [2.45, 2.75) is 6.17 Å². The molecule has 1 rings (SSSR count). The third-order valence-electron chi connectivity index (χ3n) is 2.02. The molecule has 2 N–H and O–H groups in total. The maximum atomic E-state index is 13.6. The van der Waals surface area contributed by atoms with Gasteiger partial charge in [-0.3, -0.25) is 0 Å². The molecule has 84 valence electrons. The second kappa shape index (κ2) is 5.32. The summed E-state index contributed by atoms with van der Waals surface area (Å²) in [5, 5.41) is 12.2. The standard InChI is InChI=1S/C10H13BrFNO2/c1-13-5-8(12)6-3-9(14)10(15-2)4-7(6)11/h3-4,8,13-14H,5H2,1-2H3. The Morgan fingerprint density at radius 2 is 2.27 bits per heavy atom. The molecule has 15 heavy (non-hydrogen) atoms. The zero-order valence-electron chi connectivity index (χ0n) is 8.55. The van der Waals surface area contributed by atoms with Crippen LogP contribution in [0.5, 0.6) is 11.5 Å². The lowest BCUT2D eigenvalue weighted by Crippen LogP contribution is -2.14. The molecule has 5 heteroatoms. The molecule has 0 aliphatic heterocycles. The van der Waals surface area contributed by atoms with Gasteiger partial charge in [-0.1, -0.05) is 15.9 Å². The Balaban J connectivity index is 3.04. The van der Waals surface area contributed by atoms with Gasteiger partial charge in [-0.2, -0.15) is 0 Å². The third-order valence-corrected chi connectivity index (χ3v) is 2.71. The Kier molecular flexibility index (Phi) is 4.35. The lowest BCUT2D eigenvalue weighted by Gasteiger charge is -2.12. The average Bonchev–Trinajstić information content (AvgIpc) is 2.21. The van der Waals surface area contributed by atoms with E-state index in [0.717, 1.165) is 0 Å². The van der Waals surface area contributed by atoms with Crippen molar-refractivity contribution in [3.05, 3.63) is 22.2 Å². The minimum absolute atomic E-state index is 0.0607. The van der Waals surface area contributed by atoms with Crippen LogP contribution >= 0.6 is 15.9 Å². The number of ether oxygens (including phenoxy) is 1. The van der Waals surface area contributed by atoms with Crippen molar-refractivity contribution in [2.75, 3.05) is 20.7 Å². The van der Waals surface area contributed by atoms with Crippen LogP contribution in [0.1, 0.15) is 11.7 Å². The summed E-state index contributed by atoms with van der Waals surface area (Å²) in [4.78, 5) is 0. The van der Waals surface area contributed by atoms with Crippen molar-refractivity contribution in [3.8, 4) is 11.5 Å². The monoisotopic (exact) mass is 277 g/mol. The SMILES string of the molecule is CNCC(F)c1cc(O)c(OC)cc1Br. The third kappa shape index (κ3) is 2.82. The van der Waals surface area contributed by atoms with Gasteiger partial charge in [0.2, 0.25) is 0 Å². The number of rotatable bonds is 4. The summed E-state index contributed by atoms with van der Waals surface area (Å²) in [6.07, 6.45) is -1.17. The van der Waals surface area contributed by atoms with Crippen LogP contribution in [0.2, 0.25) is 0 Å². The first kappa shape index (κ1) is 12.3. The molecule has 0 heterocycles. The molecule has 0 aliphatic carbocycles. The number of hydrogen-bond donors (Lipinski definition) is 2. The van der Waals surface area contributed by atoms with Crippen LogP contribution in [0.25, 0.3) is 0 Å². The molecule has 1 aromatic rings. The molecule has 3 nitrogen and oxygen atoms in total. The van der Waals surface area contributed by atoms with Crippen molar-refractivity contribution in [2.24, 2.45) is 0 Å². The summed E-state index contributed by atoms with van der Waals surface area (Å²) in [5.41, 5.74) is 0.405. The lowest BCUT2D eigenvalue weighted by molar-refractivity contribution is 0.330. The van der Waals surface area contributed by atoms with Gasteiger partial charge in [-0.25, -0.2) is 4.39 Å². The molecule has 0 aliphatic rings. The molecule has 0 bridgehead atoms. The maximum absolute atomic E-state index is 13.6. The highest BCUT2D eigenvalue weighted by atomic mass is 79.9. The first-order valence-corrected chi connectivity index (χ1v) is 5.24. The smallest absolute Gasteiger partial charge is 0.161 e. The van der Waals surface area contributed by atoms with Gasteiger partial charge in [0.05, 0.1) is 7.11 Å². The molecular weight excluding hydrogens is 265 g/mol. The van der Waals surface area contributed by atoms with E-state index in [1.807, 2.05) is 0 Å². The van der Waals surface area contributed by atoms with Crippen LogP contribution in [-0.2, 0) is 0 Å². The topological polar surface area (TPSA) is 41.5 Å². The second-order valence-electron chi connectivity index (χ2n) is 3.07. The molecule has 0 aromatic heterocycles. The van der Waals surface area contributed by atoms with Crippen molar-refractivity contribution in [3.63, 3.8) is 0 Å². The zero-order valence-corrected chi connectivity index (χ0v) is 10.1. The summed E-state index contributed by atoms with van der Waals surface area (Å²) < 4.78 is 19.1. The van der Waals surface area contributed by atoms with E-state index in [4.69, 9.17) is 4.74 Å². The number of phenols is 1. The number of alkyl halides is 1. The Hall–Kier alpha value is -0.810. The molecule has 1 unspecified atom stereocenters. The number of phenolic OH excluding ortho intramolecular Hbond substituents is 1. The number of methoxy groups -OCH3 is 1. The van der Waals surface area contributed by atoms with Gasteiger partial charge in [0.15, 0.2) is 11.5 Å². The molecule has 0 saturated carbocycles. The normalized spacial score (nSPS) is 12.5. The second-order valence-corrected chi connectivity index (χ2v) is 3.93. The summed E-state index contributed by atoms with van der Waals surface area (Å²) >= 11 is 3.23. The van der Waals surface area contributed by atoms with Gasteiger partial charge in [0.25, 0.3) is 0 Å². The highest BCUT2D eigenvalue weighted by molar-refractivity contribution is 9.10. The number of nitrogens with one attached hydrogen (secondary N) is 1. The van der Waals surface area contributed by atoms with Crippen LogP contribution in [0, 0.1) is 0 Å². The van der Waals surface area contributed by atoms with Crippen molar-refractivity contribution >= 4 is 15.9 Å². The summed E-state index contributed by atoms with van der Waals surface area (Å²) in [7, 11) is 3.12. The quantitative estimate of drug-likeness (QED) is 0.888. The summed E-state index contributed by atoms with van der Waals surface area (Å²) in [6, 6.07) is 2.91. The summed E-state index contributed by atoms with van der Waals surface area (Å²) in [6.45, 7) is 0.199. The van der Waals surface area contributed by atoms with Gasteiger partial charge in [-0.05, 0) is 19.2 Å². The number of hydrogen-bond acceptors (Lipinski definition) is 3. The molecule has 0 spiro atoms. The zero-order chi connectivity index (χ0) is 11.4. The van der Waals surface area contributed by atoms with E-state index in [2.05, 4.69) is 21.2 Å². The van der Waals surface area contributed by atoms with E-state index in [-0.39, 0.29) is 12.3 Å². The predicted molar refractivity (Wildman–Crippen MR) is 60.1 cm³/mol. The van der Waals surface area contributed by atoms with Gasteiger partial charge < -0.3 is 15.2 Å². The van der Waals surface area contributed by atoms with Gasteiger partial charge in [-0.15, -0.1) is 0 Å². The van der Waals surface area contributed by atoms with Crippen LogP contribution in [0.4, 0.5) is 4.39 Å². The molecule has 0 radical (unpaired) electrons. The van der Waals surface area contributed by atoms with E-state index in [1.54, 1.807) is 13.1 Å². The molecule has 0 fully saturated rings.